The van der Waals surface area contributed by atoms with Crippen molar-refractivity contribution >= 4 is 28.4 Å². The first kappa shape index (κ1) is 19.4. The number of carbonyl (C=O) groups is 2. The van der Waals surface area contributed by atoms with Crippen molar-refractivity contribution < 1.29 is 18.9 Å². The molecule has 128 valence electrons. The lowest BCUT2D eigenvalue weighted by Gasteiger charge is -2.26. The van der Waals surface area contributed by atoms with Crippen LogP contribution in [-0.4, -0.2) is 27.4 Å². The molecule has 0 bridgehead atoms. The number of rotatable bonds is 8. The van der Waals surface area contributed by atoms with Crippen molar-refractivity contribution in [1.82, 2.24) is 0 Å². The fourth-order valence-electron chi connectivity index (χ4n) is 2.57. The Bertz CT molecular complexity index is 609. The first-order valence-electron chi connectivity index (χ1n) is 7.67. The van der Waals surface area contributed by atoms with E-state index in [9.17, 15) is 18.9 Å². The topological polar surface area (TPSA) is 83.5 Å². The second-order valence-corrected chi connectivity index (χ2v) is 7.26. The third-order valence-corrected chi connectivity index (χ3v) is 5.10. The van der Waals surface area contributed by atoms with Gasteiger partial charge in [-0.25, -0.2) is 0 Å². The molecule has 1 amide bonds. The Labute approximate surface area is 139 Å². The predicted molar refractivity (Wildman–Crippen MR) is 92.8 cm³/mol. The van der Waals surface area contributed by atoms with Crippen molar-refractivity contribution in [3.05, 3.63) is 29.3 Å². The predicted octanol–water partition coefficient (Wildman–Crippen LogP) is 3.09. The zero-order valence-electron chi connectivity index (χ0n) is 14.1. The summed E-state index contributed by atoms with van der Waals surface area (Å²) in [6, 6.07) is 5.45. The zero-order chi connectivity index (χ0) is 17.6. The van der Waals surface area contributed by atoms with Gasteiger partial charge in [0, 0.05) is 34.9 Å². The first-order chi connectivity index (χ1) is 10.8. The summed E-state index contributed by atoms with van der Waals surface area (Å²) < 4.78 is 11.4. The Kier molecular flexibility index (Phi) is 6.94. The Morgan fingerprint density at radius 3 is 2.35 bits per heavy atom. The van der Waals surface area contributed by atoms with Crippen LogP contribution in [0.1, 0.15) is 44.2 Å². The number of anilines is 1. The Hall–Kier alpha value is -1.69. The quantitative estimate of drug-likeness (QED) is 0.762. The van der Waals surface area contributed by atoms with Gasteiger partial charge in [-0.15, -0.1) is 0 Å². The number of nitrogens with one attached hydrogen (secondary N) is 1. The minimum absolute atomic E-state index is 0.0568. The van der Waals surface area contributed by atoms with E-state index < -0.39 is 22.2 Å². The minimum Gasteiger partial charge on any atom is -0.481 e. The molecule has 1 aromatic carbocycles. The molecule has 0 spiro atoms. The zero-order valence-corrected chi connectivity index (χ0v) is 15.0. The minimum atomic E-state index is -1.03. The number of amides is 1. The number of carboxylic acids is 1. The SMILES string of the molecule is CCC(CC)(CC(=O)Nc1cccc(CS(C)=O)c1C)C(=O)O. The van der Waals surface area contributed by atoms with Crippen LogP contribution >= 0.6 is 0 Å². The van der Waals surface area contributed by atoms with E-state index in [1.54, 1.807) is 32.2 Å². The largest absolute Gasteiger partial charge is 0.481 e. The molecule has 0 radical (unpaired) electrons. The highest BCUT2D eigenvalue weighted by Crippen LogP contribution is 2.31. The third kappa shape index (κ3) is 4.89. The molecule has 0 aliphatic carbocycles. The van der Waals surface area contributed by atoms with E-state index in [2.05, 4.69) is 5.32 Å². The maximum atomic E-state index is 12.3. The standard InChI is InChI=1S/C17H25NO4S/c1-5-17(6-2,16(20)21)10-15(19)18-14-9-7-8-13(12(14)3)11-23(4)22/h7-9H,5-6,10-11H2,1-4H3,(H,18,19)(H,20,21). The monoisotopic (exact) mass is 339 g/mol. The Morgan fingerprint density at radius 2 is 1.87 bits per heavy atom. The highest BCUT2D eigenvalue weighted by molar-refractivity contribution is 7.83. The first-order valence-corrected chi connectivity index (χ1v) is 9.40. The maximum absolute atomic E-state index is 12.3. The average molecular weight is 339 g/mol. The van der Waals surface area contributed by atoms with E-state index >= 15 is 0 Å². The fraction of sp³-hybridized carbons (Fsp3) is 0.529. The summed E-state index contributed by atoms with van der Waals surface area (Å²) in [6.45, 7) is 5.43. The van der Waals surface area contributed by atoms with Crippen molar-refractivity contribution in [1.29, 1.82) is 0 Å². The van der Waals surface area contributed by atoms with Gasteiger partial charge in [-0.05, 0) is 37.0 Å². The molecule has 2 N–H and O–H groups in total. The van der Waals surface area contributed by atoms with Crippen LogP contribution in [0.4, 0.5) is 5.69 Å². The van der Waals surface area contributed by atoms with Gasteiger partial charge in [0.25, 0.3) is 0 Å². The Balaban J connectivity index is 2.93. The molecule has 0 heterocycles. The Morgan fingerprint density at radius 1 is 1.26 bits per heavy atom. The summed E-state index contributed by atoms with van der Waals surface area (Å²) in [6.07, 6.45) is 2.38. The highest BCUT2D eigenvalue weighted by Gasteiger charge is 2.37. The molecule has 0 aliphatic rings. The molecular formula is C17H25NO4S. The smallest absolute Gasteiger partial charge is 0.310 e. The van der Waals surface area contributed by atoms with E-state index in [4.69, 9.17) is 0 Å². The van der Waals surface area contributed by atoms with E-state index in [1.807, 2.05) is 13.0 Å². The van der Waals surface area contributed by atoms with Crippen LogP contribution in [0.25, 0.3) is 0 Å². The summed E-state index contributed by atoms with van der Waals surface area (Å²) in [5, 5.41) is 12.2. The van der Waals surface area contributed by atoms with Crippen LogP contribution in [0.2, 0.25) is 0 Å². The van der Waals surface area contributed by atoms with Gasteiger partial charge in [-0.1, -0.05) is 26.0 Å². The molecule has 0 aromatic heterocycles. The third-order valence-electron chi connectivity index (χ3n) is 4.39. The summed E-state index contributed by atoms with van der Waals surface area (Å²) in [5.41, 5.74) is 1.40. The van der Waals surface area contributed by atoms with Gasteiger partial charge in [0.15, 0.2) is 0 Å². The van der Waals surface area contributed by atoms with Crippen LogP contribution in [-0.2, 0) is 26.1 Å². The normalized spacial score (nSPS) is 12.7. The van der Waals surface area contributed by atoms with Crippen molar-refractivity contribution in [2.45, 2.75) is 45.8 Å². The van der Waals surface area contributed by atoms with Gasteiger partial charge < -0.3 is 10.4 Å². The number of benzene rings is 1. The lowest BCUT2D eigenvalue weighted by atomic mass is 9.79. The van der Waals surface area contributed by atoms with Crippen molar-refractivity contribution in [2.75, 3.05) is 11.6 Å². The summed E-state index contributed by atoms with van der Waals surface area (Å²) >= 11 is 0. The summed E-state index contributed by atoms with van der Waals surface area (Å²) in [5.74, 6) is -0.822. The number of carboxylic acid groups (broad SMARTS) is 1. The molecule has 0 aliphatic heterocycles. The molecule has 0 saturated heterocycles. The van der Waals surface area contributed by atoms with Gasteiger partial charge in [0.05, 0.1) is 5.41 Å². The number of hydrogen-bond donors (Lipinski definition) is 2. The molecule has 6 heteroatoms. The second-order valence-electron chi connectivity index (χ2n) is 5.82. The van der Waals surface area contributed by atoms with Crippen LogP contribution in [0.15, 0.2) is 18.2 Å². The molecule has 0 saturated carbocycles. The number of aliphatic carboxylic acids is 1. The molecular weight excluding hydrogens is 314 g/mol. The van der Waals surface area contributed by atoms with Gasteiger partial charge in [0.2, 0.25) is 5.91 Å². The fourth-order valence-corrected chi connectivity index (χ4v) is 3.32. The number of hydrogen-bond acceptors (Lipinski definition) is 3. The van der Waals surface area contributed by atoms with Crippen LogP contribution in [0.3, 0.4) is 0 Å². The molecule has 1 unspecified atom stereocenters. The van der Waals surface area contributed by atoms with Gasteiger partial charge >= 0.3 is 5.97 Å². The second kappa shape index (κ2) is 8.24. The van der Waals surface area contributed by atoms with E-state index in [-0.39, 0.29) is 12.3 Å². The van der Waals surface area contributed by atoms with Crippen LogP contribution in [0.5, 0.6) is 0 Å². The van der Waals surface area contributed by atoms with E-state index in [0.29, 0.717) is 24.3 Å². The van der Waals surface area contributed by atoms with Crippen LogP contribution < -0.4 is 5.32 Å². The number of carbonyl (C=O) groups excluding carboxylic acids is 1. The lowest BCUT2D eigenvalue weighted by Crippen LogP contribution is -2.34. The van der Waals surface area contributed by atoms with Crippen molar-refractivity contribution in [3.63, 3.8) is 0 Å². The maximum Gasteiger partial charge on any atom is 0.310 e. The molecule has 5 nitrogen and oxygen atoms in total. The van der Waals surface area contributed by atoms with Gasteiger partial charge in [0.1, 0.15) is 0 Å². The average Bonchev–Trinajstić information content (AvgIpc) is 2.48. The van der Waals surface area contributed by atoms with E-state index in [1.165, 1.54) is 0 Å². The molecule has 1 aromatic rings. The van der Waals surface area contributed by atoms with Crippen molar-refractivity contribution in [3.8, 4) is 0 Å². The summed E-state index contributed by atoms with van der Waals surface area (Å²) in [7, 11) is -0.963. The molecule has 1 rings (SSSR count). The van der Waals surface area contributed by atoms with Crippen molar-refractivity contribution in [2.24, 2.45) is 5.41 Å². The van der Waals surface area contributed by atoms with Crippen LogP contribution in [0, 0.1) is 12.3 Å². The van der Waals surface area contributed by atoms with E-state index in [0.717, 1.165) is 11.1 Å². The molecule has 0 fully saturated rings. The van der Waals surface area contributed by atoms with Gasteiger partial charge in [-0.2, -0.15) is 0 Å². The molecule has 23 heavy (non-hydrogen) atoms. The van der Waals surface area contributed by atoms with Gasteiger partial charge in [-0.3, -0.25) is 13.8 Å². The molecule has 1 atom stereocenters. The lowest BCUT2D eigenvalue weighted by molar-refractivity contribution is -0.151. The summed E-state index contributed by atoms with van der Waals surface area (Å²) in [4.78, 5) is 23.8. The highest BCUT2D eigenvalue weighted by atomic mass is 32.2.